The van der Waals surface area contributed by atoms with Gasteiger partial charge in [-0.15, -0.1) is 0 Å². The lowest BCUT2D eigenvalue weighted by Gasteiger charge is -2.31. The van der Waals surface area contributed by atoms with Gasteiger partial charge in [-0.05, 0) is 33.3 Å². The molecule has 0 aliphatic rings. The summed E-state index contributed by atoms with van der Waals surface area (Å²) in [5.41, 5.74) is 1.16. The van der Waals surface area contributed by atoms with E-state index in [0.29, 0.717) is 6.54 Å². The third-order valence-corrected chi connectivity index (χ3v) is 2.93. The summed E-state index contributed by atoms with van der Waals surface area (Å²) < 4.78 is -0.508. The van der Waals surface area contributed by atoms with E-state index in [0.717, 1.165) is 5.56 Å². The van der Waals surface area contributed by atoms with Crippen LogP contribution in [0.15, 0.2) is 30.3 Å². The van der Waals surface area contributed by atoms with Crippen molar-refractivity contribution in [1.82, 2.24) is 4.90 Å². The smallest absolute Gasteiger partial charge is 0.239 e. The highest BCUT2D eigenvalue weighted by atomic mass is 79.9. The van der Waals surface area contributed by atoms with Crippen LogP contribution in [0.3, 0.4) is 0 Å². The standard InChI is InChI=1S/C14H20BrNO/c1-11(2)16(13(17)14(3,4)15)10-12-8-6-5-7-9-12/h5-9,11H,10H2,1-4H3. The van der Waals surface area contributed by atoms with Crippen molar-refractivity contribution in [2.45, 2.75) is 44.6 Å². The Labute approximate surface area is 112 Å². The van der Waals surface area contributed by atoms with Crippen molar-refractivity contribution >= 4 is 21.8 Å². The Kier molecular flexibility index (Phi) is 4.75. The van der Waals surface area contributed by atoms with Crippen molar-refractivity contribution in [1.29, 1.82) is 0 Å². The van der Waals surface area contributed by atoms with Gasteiger partial charge in [-0.1, -0.05) is 46.3 Å². The van der Waals surface area contributed by atoms with Crippen LogP contribution in [0.2, 0.25) is 0 Å². The number of benzene rings is 1. The van der Waals surface area contributed by atoms with E-state index in [9.17, 15) is 4.79 Å². The van der Waals surface area contributed by atoms with Crippen molar-refractivity contribution in [3.63, 3.8) is 0 Å². The largest absolute Gasteiger partial charge is 0.335 e. The van der Waals surface area contributed by atoms with Gasteiger partial charge >= 0.3 is 0 Å². The number of carbonyl (C=O) groups excluding carboxylic acids is 1. The Morgan fingerprint density at radius 2 is 1.82 bits per heavy atom. The Morgan fingerprint density at radius 3 is 2.24 bits per heavy atom. The van der Waals surface area contributed by atoms with Crippen LogP contribution in [0.25, 0.3) is 0 Å². The SMILES string of the molecule is CC(C)N(Cc1ccccc1)C(=O)C(C)(C)Br. The van der Waals surface area contributed by atoms with Crippen molar-refractivity contribution < 1.29 is 4.79 Å². The molecule has 94 valence electrons. The van der Waals surface area contributed by atoms with E-state index in [1.807, 2.05) is 62.9 Å². The van der Waals surface area contributed by atoms with Crippen LogP contribution in [0.1, 0.15) is 33.3 Å². The van der Waals surface area contributed by atoms with E-state index in [1.165, 1.54) is 0 Å². The number of alkyl halides is 1. The third-order valence-electron chi connectivity index (χ3n) is 2.59. The second-order valence-corrected chi connectivity index (χ2v) is 6.97. The number of hydrogen-bond acceptors (Lipinski definition) is 1. The van der Waals surface area contributed by atoms with E-state index in [1.54, 1.807) is 0 Å². The summed E-state index contributed by atoms with van der Waals surface area (Å²) >= 11 is 3.44. The van der Waals surface area contributed by atoms with Crippen molar-refractivity contribution in [3.8, 4) is 0 Å². The highest BCUT2D eigenvalue weighted by Crippen LogP contribution is 2.22. The molecular formula is C14H20BrNO. The lowest BCUT2D eigenvalue weighted by Crippen LogP contribution is -2.44. The maximum absolute atomic E-state index is 12.3. The van der Waals surface area contributed by atoms with Crippen LogP contribution in [-0.2, 0) is 11.3 Å². The molecule has 0 N–H and O–H groups in total. The molecule has 0 aliphatic heterocycles. The molecule has 0 saturated carbocycles. The van der Waals surface area contributed by atoms with Crippen molar-refractivity contribution in [2.75, 3.05) is 0 Å². The second kappa shape index (κ2) is 5.67. The first-order chi connectivity index (χ1) is 7.82. The first kappa shape index (κ1) is 14.2. The molecule has 0 atom stereocenters. The monoisotopic (exact) mass is 297 g/mol. The average molecular weight is 298 g/mol. The van der Waals surface area contributed by atoms with Gasteiger partial charge < -0.3 is 4.90 Å². The molecule has 0 aliphatic carbocycles. The molecule has 0 aromatic heterocycles. The third kappa shape index (κ3) is 4.15. The average Bonchev–Trinajstić information content (AvgIpc) is 2.24. The van der Waals surface area contributed by atoms with Gasteiger partial charge in [0, 0.05) is 12.6 Å². The van der Waals surface area contributed by atoms with E-state index in [4.69, 9.17) is 0 Å². The zero-order valence-electron chi connectivity index (χ0n) is 10.9. The van der Waals surface area contributed by atoms with E-state index >= 15 is 0 Å². The minimum atomic E-state index is -0.508. The summed E-state index contributed by atoms with van der Waals surface area (Å²) in [5.74, 6) is 0.122. The number of halogens is 1. The van der Waals surface area contributed by atoms with Crippen LogP contribution < -0.4 is 0 Å². The van der Waals surface area contributed by atoms with Crippen molar-refractivity contribution in [2.24, 2.45) is 0 Å². The van der Waals surface area contributed by atoms with Gasteiger partial charge in [0.25, 0.3) is 0 Å². The minimum absolute atomic E-state index is 0.122. The molecule has 0 spiro atoms. The predicted octanol–water partition coefficient (Wildman–Crippen LogP) is 3.60. The number of amides is 1. The first-order valence-electron chi connectivity index (χ1n) is 5.86. The molecule has 1 aromatic carbocycles. The summed E-state index contributed by atoms with van der Waals surface area (Å²) in [6.07, 6.45) is 0. The molecule has 0 unspecified atom stereocenters. The van der Waals surface area contributed by atoms with Crippen LogP contribution in [-0.4, -0.2) is 21.2 Å². The number of carbonyl (C=O) groups is 1. The highest BCUT2D eigenvalue weighted by Gasteiger charge is 2.30. The first-order valence-corrected chi connectivity index (χ1v) is 6.65. The summed E-state index contributed by atoms with van der Waals surface area (Å²) in [6, 6.07) is 10.3. The molecular weight excluding hydrogens is 278 g/mol. The normalized spacial score (nSPS) is 11.6. The molecule has 1 amide bonds. The second-order valence-electron chi connectivity index (χ2n) is 4.98. The Bertz CT molecular complexity index is 368. The summed E-state index contributed by atoms with van der Waals surface area (Å²) in [4.78, 5) is 14.2. The maximum atomic E-state index is 12.3. The summed E-state index contributed by atoms with van der Waals surface area (Å²) in [6.45, 7) is 8.51. The topological polar surface area (TPSA) is 20.3 Å². The van der Waals surface area contributed by atoms with Crippen LogP contribution >= 0.6 is 15.9 Å². The van der Waals surface area contributed by atoms with Gasteiger partial charge in [0.2, 0.25) is 5.91 Å². The molecule has 0 fully saturated rings. The summed E-state index contributed by atoms with van der Waals surface area (Å²) in [5, 5.41) is 0. The molecule has 1 rings (SSSR count). The fourth-order valence-electron chi connectivity index (χ4n) is 1.61. The highest BCUT2D eigenvalue weighted by molar-refractivity contribution is 9.10. The molecule has 3 heteroatoms. The maximum Gasteiger partial charge on any atom is 0.239 e. The summed E-state index contributed by atoms with van der Waals surface area (Å²) in [7, 11) is 0. The van der Waals surface area contributed by atoms with Crippen LogP contribution in [0.4, 0.5) is 0 Å². The molecule has 1 aromatic rings. The van der Waals surface area contributed by atoms with Crippen LogP contribution in [0.5, 0.6) is 0 Å². The predicted molar refractivity (Wildman–Crippen MR) is 75.1 cm³/mol. The van der Waals surface area contributed by atoms with Gasteiger partial charge in [0.05, 0.1) is 4.32 Å². The molecule has 17 heavy (non-hydrogen) atoms. The van der Waals surface area contributed by atoms with E-state index < -0.39 is 4.32 Å². The Balaban J connectivity index is 2.85. The lowest BCUT2D eigenvalue weighted by atomic mass is 10.1. The van der Waals surface area contributed by atoms with Gasteiger partial charge in [-0.25, -0.2) is 0 Å². The fraction of sp³-hybridized carbons (Fsp3) is 0.500. The van der Waals surface area contributed by atoms with Gasteiger partial charge in [0.1, 0.15) is 0 Å². The van der Waals surface area contributed by atoms with Gasteiger partial charge in [0.15, 0.2) is 0 Å². The van der Waals surface area contributed by atoms with Gasteiger partial charge in [-0.3, -0.25) is 4.79 Å². The van der Waals surface area contributed by atoms with Crippen LogP contribution in [0, 0.1) is 0 Å². The minimum Gasteiger partial charge on any atom is -0.335 e. The Morgan fingerprint density at radius 1 is 1.29 bits per heavy atom. The van der Waals surface area contributed by atoms with E-state index in [-0.39, 0.29) is 11.9 Å². The van der Waals surface area contributed by atoms with Gasteiger partial charge in [-0.2, -0.15) is 0 Å². The number of rotatable bonds is 4. The van der Waals surface area contributed by atoms with Crippen molar-refractivity contribution in [3.05, 3.63) is 35.9 Å². The molecule has 0 heterocycles. The molecule has 0 bridgehead atoms. The quantitative estimate of drug-likeness (QED) is 0.778. The van der Waals surface area contributed by atoms with E-state index in [2.05, 4.69) is 15.9 Å². The fourth-order valence-corrected chi connectivity index (χ4v) is 1.84. The zero-order valence-corrected chi connectivity index (χ0v) is 12.5. The Hall–Kier alpha value is -0.830. The lowest BCUT2D eigenvalue weighted by molar-refractivity contribution is -0.135. The number of nitrogens with zero attached hydrogens (tertiary/aromatic N) is 1. The molecule has 0 radical (unpaired) electrons. The number of hydrogen-bond donors (Lipinski definition) is 0. The molecule has 2 nitrogen and oxygen atoms in total. The molecule has 0 saturated heterocycles. The zero-order chi connectivity index (χ0) is 13.1.